The lowest BCUT2D eigenvalue weighted by atomic mass is 9.93. The van der Waals surface area contributed by atoms with Crippen molar-refractivity contribution in [1.82, 2.24) is 24.4 Å². The number of aryl methyl sites for hydroxylation is 1. The third-order valence-corrected chi connectivity index (χ3v) is 9.18. The summed E-state index contributed by atoms with van der Waals surface area (Å²) < 4.78 is 35.7. The first-order chi connectivity index (χ1) is 22.4. The first kappa shape index (κ1) is 32.1. The number of hydrogen-bond donors (Lipinski definition) is 2. The van der Waals surface area contributed by atoms with Crippen molar-refractivity contribution in [3.63, 3.8) is 0 Å². The van der Waals surface area contributed by atoms with E-state index in [-0.39, 0.29) is 70.1 Å². The number of aromatic nitrogens is 4. The zero-order valence-electron chi connectivity index (χ0n) is 27.4. The number of halogens is 2. The Bertz CT molecular complexity index is 1940. The fraction of sp³-hybridized carbons (Fsp3) is 0.400. The molecule has 1 saturated heterocycles. The minimum atomic E-state index is -1.02. The Morgan fingerprint density at radius 1 is 1.09 bits per heavy atom. The number of benzene rings is 2. The van der Waals surface area contributed by atoms with Gasteiger partial charge in [-0.1, -0.05) is 46.4 Å². The van der Waals surface area contributed by atoms with Crippen molar-refractivity contribution in [2.75, 3.05) is 29.9 Å². The molecule has 2 unspecified atom stereocenters. The molecule has 2 atom stereocenters. The number of anilines is 2. The van der Waals surface area contributed by atoms with E-state index in [1.54, 1.807) is 24.0 Å². The van der Waals surface area contributed by atoms with E-state index in [0.717, 1.165) is 0 Å². The number of phenols is 1. The van der Waals surface area contributed by atoms with E-state index in [2.05, 4.69) is 26.8 Å². The zero-order chi connectivity index (χ0) is 33.9. The predicted octanol–water partition coefficient (Wildman–Crippen LogP) is 5.79. The number of fused-ring (bicyclic) bond motifs is 2. The van der Waals surface area contributed by atoms with Gasteiger partial charge in [0.1, 0.15) is 23.4 Å². The fourth-order valence-electron chi connectivity index (χ4n) is 7.10. The molecule has 0 radical (unpaired) electrons. The van der Waals surface area contributed by atoms with E-state index >= 15 is 8.78 Å². The molecule has 1 fully saturated rings. The Morgan fingerprint density at radius 3 is 2.38 bits per heavy atom. The van der Waals surface area contributed by atoms with Crippen molar-refractivity contribution in [3.8, 4) is 22.6 Å². The van der Waals surface area contributed by atoms with Crippen LogP contribution in [-0.2, 0) is 4.79 Å². The van der Waals surface area contributed by atoms with Crippen molar-refractivity contribution >= 4 is 28.3 Å². The van der Waals surface area contributed by atoms with Crippen molar-refractivity contribution < 1.29 is 18.7 Å². The molecule has 47 heavy (non-hydrogen) atoms. The molecule has 2 aromatic carbocycles. The molecular weight excluding hydrogens is 604 g/mol. The number of carbonyl (C=O) groups excluding carboxylic acids is 1. The monoisotopic (exact) mass is 643 g/mol. The molecule has 0 aliphatic carbocycles. The summed E-state index contributed by atoms with van der Waals surface area (Å²) in [5, 5.41) is 14.2. The summed E-state index contributed by atoms with van der Waals surface area (Å²) in [6.45, 7) is 15.8. The van der Waals surface area contributed by atoms with E-state index in [1.807, 2.05) is 39.5 Å². The highest BCUT2D eigenvalue weighted by molar-refractivity contribution is 6.05. The molecule has 2 aliphatic rings. The lowest BCUT2D eigenvalue weighted by Gasteiger charge is -2.47. The van der Waals surface area contributed by atoms with Gasteiger partial charge in [-0.25, -0.2) is 23.5 Å². The van der Waals surface area contributed by atoms with Crippen LogP contribution in [0.25, 0.3) is 27.7 Å². The number of phenolic OH excluding ortho intramolecular Hbond substituents is 1. The van der Waals surface area contributed by atoms with Gasteiger partial charge in [0.05, 0.1) is 39.8 Å². The minimum Gasteiger partial charge on any atom is -0.507 e. The van der Waals surface area contributed by atoms with Crippen LogP contribution < -0.4 is 15.9 Å². The van der Waals surface area contributed by atoms with E-state index < -0.39 is 22.9 Å². The standard InChI is InChI=1S/C35H39F2N7O3/c1-8-23(46)42-14-20(7)43-21(15-42)12-13-38-31-26-32(28(37)25(27(31)36)24-19(6)10-9-11-22(24)45)44(35(47)41-34(26)43)33-29(17(2)3)39-16-40-30(33)18(4)5/h8-11,16-18,20-21,38,45H,1,12-15H2,2-7H3. The normalized spacial score (nSPS) is 17.8. The number of nitrogens with one attached hydrogen (secondary N) is 1. The number of amides is 1. The highest BCUT2D eigenvalue weighted by atomic mass is 19.1. The van der Waals surface area contributed by atoms with Crippen molar-refractivity contribution in [3.05, 3.63) is 76.3 Å². The fourth-order valence-corrected chi connectivity index (χ4v) is 7.10. The topological polar surface area (TPSA) is 116 Å². The van der Waals surface area contributed by atoms with Gasteiger partial charge < -0.3 is 20.2 Å². The molecular formula is C35H39F2N7O3. The van der Waals surface area contributed by atoms with E-state index in [1.165, 1.54) is 23.0 Å². The molecule has 0 bridgehead atoms. The minimum absolute atomic E-state index is 0.0119. The van der Waals surface area contributed by atoms with Crippen molar-refractivity contribution in [2.24, 2.45) is 0 Å². The lowest BCUT2D eigenvalue weighted by molar-refractivity contribution is -0.127. The van der Waals surface area contributed by atoms with Gasteiger partial charge in [0, 0.05) is 31.2 Å². The zero-order valence-corrected chi connectivity index (χ0v) is 27.4. The molecule has 2 aliphatic heterocycles. The first-order valence-corrected chi connectivity index (χ1v) is 15.9. The summed E-state index contributed by atoms with van der Waals surface area (Å²) in [7, 11) is 0. The van der Waals surface area contributed by atoms with Crippen LogP contribution >= 0.6 is 0 Å². The van der Waals surface area contributed by atoms with Gasteiger partial charge in [-0.3, -0.25) is 9.36 Å². The van der Waals surface area contributed by atoms with Gasteiger partial charge in [0.15, 0.2) is 11.6 Å². The Hall–Kier alpha value is -4.87. The molecule has 12 heteroatoms. The van der Waals surface area contributed by atoms with Crippen LogP contribution in [-0.4, -0.2) is 67.2 Å². The number of nitrogens with zero attached hydrogens (tertiary/aromatic N) is 6. The van der Waals surface area contributed by atoms with Crippen LogP contribution in [0.4, 0.5) is 20.3 Å². The summed E-state index contributed by atoms with van der Waals surface area (Å²) in [4.78, 5) is 44.4. The molecule has 10 nitrogen and oxygen atoms in total. The second-order valence-electron chi connectivity index (χ2n) is 13.0. The van der Waals surface area contributed by atoms with Gasteiger partial charge in [0.25, 0.3) is 0 Å². The average molecular weight is 644 g/mol. The second kappa shape index (κ2) is 12.1. The highest BCUT2D eigenvalue weighted by Gasteiger charge is 2.40. The Labute approximate surface area is 271 Å². The Kier molecular flexibility index (Phi) is 8.23. The molecule has 2 N–H and O–H groups in total. The molecule has 0 spiro atoms. The summed E-state index contributed by atoms with van der Waals surface area (Å²) in [5.41, 5.74) is 0.296. The molecule has 246 valence electrons. The average Bonchev–Trinajstić information content (AvgIpc) is 3.01. The number of aromatic hydroxyl groups is 1. The SMILES string of the molecule is C=CC(=O)N1CC(C)N2c3nc(=O)n(-c4c(C(C)C)ncnc4C(C)C)c4c(F)c(-c5c(C)cccc5O)c(F)c(c34)NCCC2C1. The smallest absolute Gasteiger partial charge is 0.354 e. The Balaban J connectivity index is 1.81. The summed E-state index contributed by atoms with van der Waals surface area (Å²) in [5.74, 6) is -2.69. The number of rotatable bonds is 5. The van der Waals surface area contributed by atoms with Crippen molar-refractivity contribution in [1.29, 1.82) is 0 Å². The summed E-state index contributed by atoms with van der Waals surface area (Å²) in [6, 6.07) is 3.98. The van der Waals surface area contributed by atoms with Crippen LogP contribution in [0.3, 0.4) is 0 Å². The second-order valence-corrected chi connectivity index (χ2v) is 13.0. The molecule has 4 aromatic rings. The molecule has 4 heterocycles. The van der Waals surface area contributed by atoms with Gasteiger partial charge in [-0.05, 0) is 49.8 Å². The third kappa shape index (κ3) is 5.10. The van der Waals surface area contributed by atoms with Gasteiger partial charge in [-0.2, -0.15) is 4.98 Å². The number of carbonyl (C=O) groups is 1. The number of piperazine rings is 1. The molecule has 2 aromatic heterocycles. The van der Waals surface area contributed by atoms with Gasteiger partial charge in [-0.15, -0.1) is 0 Å². The first-order valence-electron chi connectivity index (χ1n) is 15.9. The predicted molar refractivity (Wildman–Crippen MR) is 178 cm³/mol. The third-order valence-electron chi connectivity index (χ3n) is 9.18. The summed E-state index contributed by atoms with van der Waals surface area (Å²) in [6.07, 6.45) is 3.17. The van der Waals surface area contributed by atoms with Crippen LogP contribution in [0.2, 0.25) is 0 Å². The maximum absolute atomic E-state index is 17.6. The van der Waals surface area contributed by atoms with E-state index in [0.29, 0.717) is 42.1 Å². The van der Waals surface area contributed by atoms with Gasteiger partial charge in [0.2, 0.25) is 5.91 Å². The molecule has 1 amide bonds. The van der Waals surface area contributed by atoms with Crippen LogP contribution in [0.5, 0.6) is 5.75 Å². The van der Waals surface area contributed by atoms with Crippen molar-refractivity contribution in [2.45, 2.75) is 71.9 Å². The highest BCUT2D eigenvalue weighted by Crippen LogP contribution is 2.47. The summed E-state index contributed by atoms with van der Waals surface area (Å²) >= 11 is 0. The van der Waals surface area contributed by atoms with E-state index in [4.69, 9.17) is 0 Å². The largest absolute Gasteiger partial charge is 0.507 e. The number of hydrogen-bond acceptors (Lipinski definition) is 8. The quantitative estimate of drug-likeness (QED) is 0.263. The van der Waals surface area contributed by atoms with Crippen LogP contribution in [0.15, 0.2) is 42.0 Å². The maximum Gasteiger partial charge on any atom is 0.354 e. The Morgan fingerprint density at radius 2 is 1.77 bits per heavy atom. The van der Waals surface area contributed by atoms with Crippen LogP contribution in [0, 0.1) is 18.6 Å². The van der Waals surface area contributed by atoms with E-state index in [9.17, 15) is 14.7 Å². The molecule has 6 rings (SSSR count). The van der Waals surface area contributed by atoms with Crippen LogP contribution in [0.1, 0.15) is 69.8 Å². The van der Waals surface area contributed by atoms with Gasteiger partial charge >= 0.3 is 5.69 Å². The maximum atomic E-state index is 17.6. The molecule has 0 saturated carbocycles. The lowest BCUT2D eigenvalue weighted by Crippen LogP contribution is -2.60.